The number of piperidine rings is 2. The van der Waals surface area contributed by atoms with Crippen LogP contribution in [0.3, 0.4) is 0 Å². The van der Waals surface area contributed by atoms with Gasteiger partial charge < -0.3 is 15.1 Å². The first-order chi connectivity index (χ1) is 15.6. The van der Waals surface area contributed by atoms with Gasteiger partial charge in [-0.1, -0.05) is 36.9 Å². The Morgan fingerprint density at radius 2 is 1.97 bits per heavy atom. The Hall–Kier alpha value is -2.72. The minimum absolute atomic E-state index is 0.365. The Balaban J connectivity index is 1.35. The van der Waals surface area contributed by atoms with Crippen LogP contribution in [0.15, 0.2) is 47.5 Å². The molecule has 1 unspecified atom stereocenters. The summed E-state index contributed by atoms with van der Waals surface area (Å²) < 4.78 is 0. The van der Waals surface area contributed by atoms with Gasteiger partial charge in [0.05, 0.1) is 22.1 Å². The Labute approximate surface area is 194 Å². The molecule has 2 saturated heterocycles. The zero-order valence-corrected chi connectivity index (χ0v) is 19.5. The summed E-state index contributed by atoms with van der Waals surface area (Å²) in [7, 11) is 2.11. The second-order valence-corrected chi connectivity index (χ2v) is 10.2. The van der Waals surface area contributed by atoms with Gasteiger partial charge in [0, 0.05) is 50.6 Å². The number of hydrogen-bond acceptors (Lipinski definition) is 7. The van der Waals surface area contributed by atoms with Gasteiger partial charge in [0.15, 0.2) is 0 Å². The van der Waals surface area contributed by atoms with Crippen LogP contribution in [-0.2, 0) is 11.8 Å². The van der Waals surface area contributed by atoms with Crippen molar-refractivity contribution in [1.29, 1.82) is 5.26 Å². The van der Waals surface area contributed by atoms with Gasteiger partial charge in [0.1, 0.15) is 5.82 Å². The third kappa shape index (κ3) is 3.93. The number of thioether (sulfide) groups is 1. The molecule has 0 aliphatic carbocycles. The number of benzene rings is 1. The van der Waals surface area contributed by atoms with Gasteiger partial charge in [0.25, 0.3) is 0 Å². The van der Waals surface area contributed by atoms with Crippen LogP contribution in [0.25, 0.3) is 0 Å². The van der Waals surface area contributed by atoms with E-state index in [2.05, 4.69) is 46.9 Å². The van der Waals surface area contributed by atoms with E-state index in [1.807, 2.05) is 30.0 Å². The normalized spacial score (nSPS) is 22.4. The highest BCUT2D eigenvalue weighted by Crippen LogP contribution is 2.40. The maximum Gasteiger partial charge on any atom is 0.227 e. The summed E-state index contributed by atoms with van der Waals surface area (Å²) in [4.78, 5) is 15.7. The summed E-state index contributed by atoms with van der Waals surface area (Å²) >= 11 is 1.86. The molecule has 0 spiro atoms. The van der Waals surface area contributed by atoms with Gasteiger partial charge in [-0.15, -0.1) is 11.8 Å². The third-order valence-electron chi connectivity index (χ3n) is 7.11. The fourth-order valence-corrected chi connectivity index (χ4v) is 6.05. The van der Waals surface area contributed by atoms with Gasteiger partial charge in [-0.25, -0.2) is 4.98 Å². The molecule has 1 aromatic carbocycles. The van der Waals surface area contributed by atoms with Crippen molar-refractivity contribution in [2.24, 2.45) is 0 Å². The lowest BCUT2D eigenvalue weighted by Crippen LogP contribution is -2.43. The molecule has 0 saturated carbocycles. The predicted molar refractivity (Wildman–Crippen MR) is 130 cm³/mol. The first-order valence-electron chi connectivity index (χ1n) is 11.5. The van der Waals surface area contributed by atoms with Crippen molar-refractivity contribution in [3.05, 3.63) is 53.9 Å². The standard InChI is InChI=1S/C25H30N6S/c1-18-8-9-20(16-30(18)2)27-23-22-21(10-15-32-22)28-24(29-23)31-13-11-25(17-26,12-14-31)19-6-4-3-5-7-19/h3-7,20H,1,8-16H2,2H3,(H,27,28,29). The first-order valence-corrected chi connectivity index (χ1v) is 12.5. The number of nitrogens with zero attached hydrogens (tertiary/aromatic N) is 5. The van der Waals surface area contributed by atoms with Crippen molar-refractivity contribution < 1.29 is 0 Å². The average Bonchev–Trinajstić information content (AvgIpc) is 3.31. The van der Waals surface area contributed by atoms with E-state index in [4.69, 9.17) is 9.97 Å². The van der Waals surface area contributed by atoms with Crippen LogP contribution in [0.4, 0.5) is 11.8 Å². The van der Waals surface area contributed by atoms with E-state index in [1.165, 1.54) is 10.6 Å². The lowest BCUT2D eigenvalue weighted by Gasteiger charge is -2.38. The molecule has 6 nitrogen and oxygen atoms in total. The number of rotatable bonds is 4. The molecule has 2 fully saturated rings. The number of aryl methyl sites for hydroxylation is 1. The first kappa shape index (κ1) is 21.1. The highest BCUT2D eigenvalue weighted by Gasteiger charge is 2.37. The van der Waals surface area contributed by atoms with E-state index in [9.17, 15) is 5.26 Å². The molecule has 5 rings (SSSR count). The molecule has 1 atom stereocenters. The van der Waals surface area contributed by atoms with Crippen LogP contribution in [-0.4, -0.2) is 53.3 Å². The van der Waals surface area contributed by atoms with E-state index in [0.29, 0.717) is 6.04 Å². The van der Waals surface area contributed by atoms with Gasteiger partial charge in [0.2, 0.25) is 5.95 Å². The molecular formula is C25H30N6S. The maximum atomic E-state index is 10.0. The number of aromatic nitrogens is 2. The van der Waals surface area contributed by atoms with Gasteiger partial charge >= 0.3 is 0 Å². The quantitative estimate of drug-likeness (QED) is 0.755. The van der Waals surface area contributed by atoms with Crippen molar-refractivity contribution >= 4 is 23.5 Å². The SMILES string of the molecule is C=C1CCC(Nc2nc(N3CCC(C#N)(c4ccccc4)CC3)nc3c2SCC3)CN1C. The van der Waals surface area contributed by atoms with Crippen LogP contribution < -0.4 is 10.2 Å². The zero-order valence-electron chi connectivity index (χ0n) is 18.7. The summed E-state index contributed by atoms with van der Waals surface area (Å²) in [5, 5.41) is 13.8. The zero-order chi connectivity index (χ0) is 22.1. The summed E-state index contributed by atoms with van der Waals surface area (Å²) in [5.41, 5.74) is 3.08. The second kappa shape index (κ2) is 8.67. The summed E-state index contributed by atoms with van der Waals surface area (Å²) in [5.74, 6) is 2.86. The van der Waals surface area contributed by atoms with Gasteiger partial charge in [-0.2, -0.15) is 10.2 Å². The molecular weight excluding hydrogens is 416 g/mol. The number of fused-ring (bicyclic) bond motifs is 1. The van der Waals surface area contributed by atoms with Crippen molar-refractivity contribution in [3.8, 4) is 6.07 Å². The molecule has 7 heteroatoms. The maximum absolute atomic E-state index is 10.0. The Morgan fingerprint density at radius 3 is 2.69 bits per heavy atom. The highest BCUT2D eigenvalue weighted by atomic mass is 32.2. The van der Waals surface area contributed by atoms with Gasteiger partial charge in [-0.05, 0) is 31.2 Å². The largest absolute Gasteiger partial charge is 0.376 e. The van der Waals surface area contributed by atoms with E-state index < -0.39 is 5.41 Å². The Bertz CT molecular complexity index is 1040. The van der Waals surface area contributed by atoms with Crippen molar-refractivity contribution in [2.75, 3.05) is 42.7 Å². The molecule has 32 heavy (non-hydrogen) atoms. The Kier molecular flexibility index (Phi) is 5.73. The number of nitriles is 1. The fraction of sp³-hybridized carbons (Fsp3) is 0.480. The fourth-order valence-electron chi connectivity index (χ4n) is 5.00. The number of allylic oxidation sites excluding steroid dienone is 1. The molecule has 0 bridgehead atoms. The molecule has 0 amide bonds. The van der Waals surface area contributed by atoms with Crippen LogP contribution in [0.1, 0.15) is 36.9 Å². The van der Waals surface area contributed by atoms with Crippen LogP contribution in [0.5, 0.6) is 0 Å². The van der Waals surface area contributed by atoms with E-state index in [0.717, 1.165) is 80.5 Å². The molecule has 4 heterocycles. The molecule has 2 aromatic rings. The lowest BCUT2D eigenvalue weighted by atomic mass is 9.74. The molecule has 3 aliphatic rings. The number of nitrogens with one attached hydrogen (secondary N) is 1. The number of hydrogen-bond donors (Lipinski definition) is 1. The summed E-state index contributed by atoms with van der Waals surface area (Å²) in [6.07, 6.45) is 4.67. The van der Waals surface area contributed by atoms with E-state index in [-0.39, 0.29) is 0 Å². The number of likely N-dealkylation sites (tertiary alicyclic amines) is 1. The number of anilines is 2. The summed E-state index contributed by atoms with van der Waals surface area (Å²) in [6, 6.07) is 13.2. The van der Waals surface area contributed by atoms with E-state index in [1.54, 1.807) is 0 Å². The van der Waals surface area contributed by atoms with Crippen molar-refractivity contribution in [3.63, 3.8) is 0 Å². The minimum atomic E-state index is -0.416. The van der Waals surface area contributed by atoms with E-state index >= 15 is 0 Å². The van der Waals surface area contributed by atoms with Crippen LogP contribution >= 0.6 is 11.8 Å². The molecule has 166 valence electrons. The van der Waals surface area contributed by atoms with Crippen molar-refractivity contribution in [1.82, 2.24) is 14.9 Å². The molecule has 3 aliphatic heterocycles. The lowest BCUT2D eigenvalue weighted by molar-refractivity contribution is 0.325. The smallest absolute Gasteiger partial charge is 0.227 e. The topological polar surface area (TPSA) is 68.1 Å². The van der Waals surface area contributed by atoms with Crippen molar-refractivity contribution in [2.45, 2.75) is 48.5 Å². The van der Waals surface area contributed by atoms with Crippen LogP contribution in [0.2, 0.25) is 0 Å². The Morgan fingerprint density at radius 1 is 1.19 bits per heavy atom. The third-order valence-corrected chi connectivity index (χ3v) is 8.23. The molecule has 1 aromatic heterocycles. The summed E-state index contributed by atoms with van der Waals surface area (Å²) in [6.45, 7) is 6.68. The number of likely N-dealkylation sites (N-methyl/N-ethyl adjacent to an activating group) is 1. The minimum Gasteiger partial charge on any atom is -0.376 e. The monoisotopic (exact) mass is 446 g/mol. The second-order valence-electron chi connectivity index (χ2n) is 9.12. The molecule has 0 radical (unpaired) electrons. The van der Waals surface area contributed by atoms with Gasteiger partial charge in [-0.3, -0.25) is 0 Å². The average molecular weight is 447 g/mol. The molecule has 1 N–H and O–H groups in total. The predicted octanol–water partition coefficient (Wildman–Crippen LogP) is 4.21. The van der Waals surface area contributed by atoms with Crippen LogP contribution in [0, 0.1) is 11.3 Å². The highest BCUT2D eigenvalue weighted by molar-refractivity contribution is 7.99.